The van der Waals surface area contributed by atoms with Crippen LogP contribution in [0.3, 0.4) is 0 Å². The first kappa shape index (κ1) is 12.8. The molecule has 7 heteroatoms. The van der Waals surface area contributed by atoms with Crippen LogP contribution in [0.1, 0.15) is 0 Å². The smallest absolute Gasteiger partial charge is 0.186 e. The average Bonchev–Trinajstić information content (AvgIpc) is 2.81. The summed E-state index contributed by atoms with van der Waals surface area (Å²) < 4.78 is 24.0. The maximum Gasteiger partial charge on any atom is 0.186 e. The zero-order valence-corrected chi connectivity index (χ0v) is 12.2. The van der Waals surface area contributed by atoms with Gasteiger partial charge in [0.1, 0.15) is 0 Å². The summed E-state index contributed by atoms with van der Waals surface area (Å²) in [5, 5.41) is 4.28. The summed E-state index contributed by atoms with van der Waals surface area (Å²) in [7, 11) is -3.15. The van der Waals surface area contributed by atoms with Gasteiger partial charge in [-0.15, -0.1) is 0 Å². The van der Waals surface area contributed by atoms with Crippen molar-refractivity contribution in [3.05, 3.63) is 18.2 Å². The first-order valence-corrected chi connectivity index (χ1v) is 8.81. The molecule has 1 fully saturated rings. The van der Waals surface area contributed by atoms with Crippen LogP contribution in [0.4, 0.5) is 5.13 Å². The predicted molar refractivity (Wildman–Crippen MR) is 77.8 cm³/mol. The zero-order valence-electron chi connectivity index (χ0n) is 10.6. The van der Waals surface area contributed by atoms with E-state index in [1.807, 2.05) is 0 Å². The third-order valence-corrected chi connectivity index (χ3v) is 5.35. The highest BCUT2D eigenvalue weighted by atomic mass is 32.2. The number of anilines is 1. The summed E-state index contributed by atoms with van der Waals surface area (Å²) in [6.45, 7) is 3.81. The molecule has 1 aromatic heterocycles. The predicted octanol–water partition coefficient (Wildman–Crippen LogP) is 1.11. The Balaban J connectivity index is 2.01. The van der Waals surface area contributed by atoms with Gasteiger partial charge < -0.3 is 10.2 Å². The number of hydrogen-bond acceptors (Lipinski definition) is 6. The van der Waals surface area contributed by atoms with Crippen LogP contribution >= 0.6 is 11.3 Å². The van der Waals surface area contributed by atoms with Gasteiger partial charge in [-0.05, 0) is 18.2 Å². The second-order valence-electron chi connectivity index (χ2n) is 4.64. The first-order valence-electron chi connectivity index (χ1n) is 6.10. The lowest BCUT2D eigenvalue weighted by molar-refractivity contribution is 0.588. The number of sulfone groups is 1. The Morgan fingerprint density at radius 1 is 1.32 bits per heavy atom. The Hall–Kier alpha value is -1.18. The van der Waals surface area contributed by atoms with Gasteiger partial charge in [-0.2, -0.15) is 0 Å². The molecule has 0 spiro atoms. The molecule has 0 radical (unpaired) electrons. The molecule has 102 valence electrons. The molecule has 1 aliphatic rings. The summed E-state index contributed by atoms with van der Waals surface area (Å²) in [5.41, 5.74) is 0.867. The van der Waals surface area contributed by atoms with Gasteiger partial charge in [0.05, 0.1) is 15.1 Å². The topological polar surface area (TPSA) is 62.3 Å². The monoisotopic (exact) mass is 297 g/mol. The number of nitrogens with zero attached hydrogens (tertiary/aromatic N) is 2. The molecule has 1 aromatic carbocycles. The van der Waals surface area contributed by atoms with Crippen molar-refractivity contribution in [3.63, 3.8) is 0 Å². The van der Waals surface area contributed by atoms with Crippen LogP contribution in [-0.4, -0.2) is 45.8 Å². The Morgan fingerprint density at radius 3 is 2.74 bits per heavy atom. The van der Waals surface area contributed by atoms with Crippen LogP contribution in [0, 0.1) is 0 Å². The standard InChI is InChI=1S/C12H15N3O2S2/c1-19(16,17)9-2-3-10-11(8-9)18-12(14-10)15-6-4-13-5-7-15/h2-3,8,13H,4-7H2,1H3. The van der Waals surface area contributed by atoms with E-state index in [1.54, 1.807) is 29.5 Å². The van der Waals surface area contributed by atoms with Crippen molar-refractivity contribution in [1.29, 1.82) is 0 Å². The minimum atomic E-state index is -3.15. The summed E-state index contributed by atoms with van der Waals surface area (Å²) in [4.78, 5) is 7.18. The largest absolute Gasteiger partial charge is 0.346 e. The van der Waals surface area contributed by atoms with E-state index < -0.39 is 9.84 Å². The van der Waals surface area contributed by atoms with Gasteiger partial charge in [-0.3, -0.25) is 0 Å². The van der Waals surface area contributed by atoms with Crippen molar-refractivity contribution in [2.45, 2.75) is 4.90 Å². The number of nitrogens with one attached hydrogen (secondary N) is 1. The molecule has 0 amide bonds. The number of rotatable bonds is 2. The molecule has 0 unspecified atom stereocenters. The van der Waals surface area contributed by atoms with Gasteiger partial charge in [-0.1, -0.05) is 11.3 Å². The number of benzene rings is 1. The normalized spacial score (nSPS) is 17.0. The number of aromatic nitrogens is 1. The van der Waals surface area contributed by atoms with E-state index in [1.165, 1.54) is 6.26 Å². The van der Waals surface area contributed by atoms with Crippen molar-refractivity contribution >= 4 is 36.5 Å². The van der Waals surface area contributed by atoms with Crippen molar-refractivity contribution < 1.29 is 8.42 Å². The second kappa shape index (κ2) is 4.73. The Morgan fingerprint density at radius 2 is 2.05 bits per heavy atom. The Labute approximate surface area is 116 Å². The lowest BCUT2D eigenvalue weighted by Gasteiger charge is -2.26. The molecule has 3 rings (SSSR count). The molecule has 19 heavy (non-hydrogen) atoms. The lowest BCUT2D eigenvalue weighted by Crippen LogP contribution is -2.43. The molecular weight excluding hydrogens is 282 g/mol. The second-order valence-corrected chi connectivity index (χ2v) is 7.66. The van der Waals surface area contributed by atoms with Crippen molar-refractivity contribution in [3.8, 4) is 0 Å². The van der Waals surface area contributed by atoms with E-state index >= 15 is 0 Å². The lowest BCUT2D eigenvalue weighted by atomic mass is 10.3. The molecular formula is C12H15N3O2S2. The van der Waals surface area contributed by atoms with E-state index in [0.29, 0.717) is 4.90 Å². The number of piperazine rings is 1. The first-order chi connectivity index (χ1) is 9.04. The number of fused-ring (bicyclic) bond motifs is 1. The van der Waals surface area contributed by atoms with Gasteiger partial charge in [0.2, 0.25) is 0 Å². The van der Waals surface area contributed by atoms with Crippen LogP contribution in [0.2, 0.25) is 0 Å². The average molecular weight is 297 g/mol. The van der Waals surface area contributed by atoms with Gasteiger partial charge in [0.25, 0.3) is 0 Å². The highest BCUT2D eigenvalue weighted by molar-refractivity contribution is 7.90. The summed E-state index contributed by atoms with van der Waals surface area (Å²) in [5.74, 6) is 0. The maximum atomic E-state index is 11.6. The molecule has 1 saturated heterocycles. The van der Waals surface area contributed by atoms with Gasteiger partial charge in [0.15, 0.2) is 15.0 Å². The van der Waals surface area contributed by atoms with E-state index in [4.69, 9.17) is 0 Å². The molecule has 2 aromatic rings. The van der Waals surface area contributed by atoms with E-state index in [0.717, 1.165) is 41.5 Å². The van der Waals surface area contributed by atoms with E-state index in [-0.39, 0.29) is 0 Å². The Kier molecular flexibility index (Phi) is 3.20. The molecule has 0 saturated carbocycles. The van der Waals surface area contributed by atoms with Crippen LogP contribution in [0.25, 0.3) is 10.2 Å². The molecule has 0 bridgehead atoms. The van der Waals surface area contributed by atoms with Crippen molar-refractivity contribution in [2.75, 3.05) is 37.3 Å². The van der Waals surface area contributed by atoms with Gasteiger partial charge in [-0.25, -0.2) is 13.4 Å². The van der Waals surface area contributed by atoms with E-state index in [2.05, 4.69) is 15.2 Å². The van der Waals surface area contributed by atoms with Crippen LogP contribution in [-0.2, 0) is 9.84 Å². The van der Waals surface area contributed by atoms with Crippen LogP contribution < -0.4 is 10.2 Å². The highest BCUT2D eigenvalue weighted by Crippen LogP contribution is 2.30. The van der Waals surface area contributed by atoms with E-state index in [9.17, 15) is 8.42 Å². The maximum absolute atomic E-state index is 11.6. The molecule has 5 nitrogen and oxygen atoms in total. The number of thiazole rings is 1. The fraction of sp³-hybridized carbons (Fsp3) is 0.417. The third-order valence-electron chi connectivity index (χ3n) is 3.16. The fourth-order valence-electron chi connectivity index (χ4n) is 2.11. The summed E-state index contributed by atoms with van der Waals surface area (Å²) in [6, 6.07) is 5.13. The SMILES string of the molecule is CS(=O)(=O)c1ccc2nc(N3CCNCC3)sc2c1. The summed E-state index contributed by atoms with van der Waals surface area (Å²) in [6.07, 6.45) is 1.23. The number of hydrogen-bond donors (Lipinski definition) is 1. The zero-order chi connectivity index (χ0) is 13.5. The van der Waals surface area contributed by atoms with Gasteiger partial charge >= 0.3 is 0 Å². The van der Waals surface area contributed by atoms with Gasteiger partial charge in [0, 0.05) is 32.4 Å². The third kappa shape index (κ3) is 2.58. The molecule has 1 N–H and O–H groups in total. The molecule has 0 atom stereocenters. The van der Waals surface area contributed by atoms with Crippen LogP contribution in [0.15, 0.2) is 23.1 Å². The van der Waals surface area contributed by atoms with Crippen LogP contribution in [0.5, 0.6) is 0 Å². The fourth-order valence-corrected chi connectivity index (χ4v) is 3.89. The minimum Gasteiger partial charge on any atom is -0.346 e. The molecule has 0 aliphatic carbocycles. The molecule has 2 heterocycles. The van der Waals surface area contributed by atoms with Crippen molar-refractivity contribution in [1.82, 2.24) is 10.3 Å². The van der Waals surface area contributed by atoms with Crippen molar-refractivity contribution in [2.24, 2.45) is 0 Å². The quantitative estimate of drug-likeness (QED) is 0.899. The highest BCUT2D eigenvalue weighted by Gasteiger charge is 2.16. The Bertz CT molecular complexity index is 703. The minimum absolute atomic E-state index is 0.357. The molecule has 1 aliphatic heterocycles. The summed E-state index contributed by atoms with van der Waals surface area (Å²) >= 11 is 1.56.